The third-order valence-electron chi connectivity index (χ3n) is 4.97. The molecular weight excluding hydrogens is 330 g/mol. The van der Waals surface area contributed by atoms with E-state index in [4.69, 9.17) is 10.5 Å². The van der Waals surface area contributed by atoms with E-state index in [1.54, 1.807) is 0 Å². The number of nitrogens with two attached hydrogens (primary N) is 1. The number of pyridine rings is 1. The van der Waals surface area contributed by atoms with Crippen molar-refractivity contribution in [3.63, 3.8) is 0 Å². The minimum absolute atomic E-state index is 0.209. The van der Waals surface area contributed by atoms with E-state index in [1.807, 2.05) is 18.5 Å². The van der Waals surface area contributed by atoms with Gasteiger partial charge in [-0.05, 0) is 24.6 Å². The van der Waals surface area contributed by atoms with Crippen LogP contribution in [-0.4, -0.2) is 59.2 Å². The first-order valence-corrected chi connectivity index (χ1v) is 9.13. The Bertz CT molecular complexity index is 734. The highest BCUT2D eigenvalue weighted by molar-refractivity contribution is 5.51. The molecule has 2 aromatic heterocycles. The van der Waals surface area contributed by atoms with E-state index in [2.05, 4.69) is 36.6 Å². The lowest BCUT2D eigenvalue weighted by molar-refractivity contribution is 0.0186. The van der Waals surface area contributed by atoms with Crippen molar-refractivity contribution in [2.75, 3.05) is 50.4 Å². The molecule has 1 fully saturated rings. The zero-order valence-electron chi connectivity index (χ0n) is 14.8. The second-order valence-electron chi connectivity index (χ2n) is 6.61. The Balaban J connectivity index is 1.56. The zero-order chi connectivity index (χ0) is 17.8. The predicted octanol–water partition coefficient (Wildman–Crippen LogP) is 0.585. The molecule has 8 nitrogen and oxygen atoms in total. The molecule has 0 saturated carbocycles. The Morgan fingerprint density at radius 3 is 3.00 bits per heavy atom. The molecule has 1 saturated heterocycles. The Morgan fingerprint density at radius 1 is 1.31 bits per heavy atom. The number of fused-ring (bicyclic) bond motifs is 1. The van der Waals surface area contributed by atoms with Crippen molar-refractivity contribution in [1.29, 1.82) is 0 Å². The van der Waals surface area contributed by atoms with Crippen LogP contribution >= 0.6 is 0 Å². The van der Waals surface area contributed by atoms with Gasteiger partial charge in [-0.15, -0.1) is 0 Å². The number of nitrogen functional groups attached to an aromatic ring is 1. The molecule has 138 valence electrons. The molecule has 4 rings (SSSR count). The number of morpholine rings is 1. The molecule has 0 aliphatic carbocycles. The van der Waals surface area contributed by atoms with Gasteiger partial charge in [-0.25, -0.2) is 4.98 Å². The van der Waals surface area contributed by atoms with Gasteiger partial charge >= 0.3 is 0 Å². The minimum Gasteiger partial charge on any atom is -0.379 e. The maximum Gasteiger partial charge on any atom is 0.222 e. The molecule has 26 heavy (non-hydrogen) atoms. The van der Waals surface area contributed by atoms with Gasteiger partial charge in [-0.1, -0.05) is 6.07 Å². The Morgan fingerprint density at radius 2 is 2.19 bits per heavy atom. The van der Waals surface area contributed by atoms with Crippen LogP contribution < -0.4 is 16.4 Å². The lowest BCUT2D eigenvalue weighted by Crippen LogP contribution is -2.41. The van der Waals surface area contributed by atoms with Gasteiger partial charge in [0.1, 0.15) is 5.82 Å². The zero-order valence-corrected chi connectivity index (χ0v) is 14.8. The van der Waals surface area contributed by atoms with E-state index in [1.165, 1.54) is 11.1 Å². The first-order valence-electron chi connectivity index (χ1n) is 9.13. The summed E-state index contributed by atoms with van der Waals surface area (Å²) in [6.45, 7) is 5.76. The largest absolute Gasteiger partial charge is 0.379 e. The number of nitrogens with one attached hydrogen (secondary N) is 2. The van der Waals surface area contributed by atoms with E-state index in [-0.39, 0.29) is 6.04 Å². The van der Waals surface area contributed by atoms with Gasteiger partial charge in [0.2, 0.25) is 5.95 Å². The summed E-state index contributed by atoms with van der Waals surface area (Å²) < 4.78 is 5.52. The van der Waals surface area contributed by atoms with Crippen LogP contribution in [0.1, 0.15) is 22.9 Å². The minimum atomic E-state index is 0.209. The molecule has 0 radical (unpaired) electrons. The van der Waals surface area contributed by atoms with Gasteiger partial charge in [0.25, 0.3) is 0 Å². The second-order valence-corrected chi connectivity index (χ2v) is 6.61. The maximum absolute atomic E-state index is 5.92. The fourth-order valence-electron chi connectivity index (χ4n) is 3.64. The van der Waals surface area contributed by atoms with E-state index in [0.29, 0.717) is 5.95 Å². The van der Waals surface area contributed by atoms with Crippen LogP contribution in [0.2, 0.25) is 0 Å². The summed E-state index contributed by atoms with van der Waals surface area (Å²) in [5.74, 6) is 1.18. The van der Waals surface area contributed by atoms with Gasteiger partial charge in [0.05, 0.1) is 24.9 Å². The molecule has 0 amide bonds. The molecular formula is C18H25N7O. The molecule has 2 aromatic rings. The summed E-state index contributed by atoms with van der Waals surface area (Å²) >= 11 is 0. The number of hydrogen-bond acceptors (Lipinski definition) is 8. The fourth-order valence-corrected chi connectivity index (χ4v) is 3.64. The first-order chi connectivity index (χ1) is 12.8. The SMILES string of the molecule is Nc1nc2c(c(NC[C@H](c3cccnc3)N3CCOCC3)n1)CCNC2. The van der Waals surface area contributed by atoms with Gasteiger partial charge in [0.15, 0.2) is 0 Å². The van der Waals surface area contributed by atoms with Crippen LogP contribution in [-0.2, 0) is 17.7 Å². The molecule has 0 spiro atoms. The Labute approximate surface area is 153 Å². The first kappa shape index (κ1) is 17.1. The molecule has 1 atom stereocenters. The lowest BCUT2D eigenvalue weighted by Gasteiger charge is -2.35. The number of rotatable bonds is 5. The standard InChI is InChI=1S/C18H25N7O/c19-18-23-15-11-21-5-3-14(15)17(24-18)22-12-16(13-2-1-4-20-10-13)25-6-8-26-9-7-25/h1-2,4,10,16,21H,3,5-9,11-12H2,(H3,19,22,23,24)/t16-/m1/s1. The van der Waals surface area contributed by atoms with E-state index >= 15 is 0 Å². The number of aromatic nitrogens is 3. The lowest BCUT2D eigenvalue weighted by atomic mass is 10.1. The molecule has 4 heterocycles. The molecule has 0 bridgehead atoms. The quantitative estimate of drug-likeness (QED) is 0.716. The highest BCUT2D eigenvalue weighted by Gasteiger charge is 2.24. The van der Waals surface area contributed by atoms with Gasteiger partial charge in [0, 0.05) is 44.1 Å². The van der Waals surface area contributed by atoms with Crippen molar-refractivity contribution in [1.82, 2.24) is 25.2 Å². The summed E-state index contributed by atoms with van der Waals surface area (Å²) in [6.07, 6.45) is 4.66. The number of anilines is 2. The average molecular weight is 355 g/mol. The summed E-state index contributed by atoms with van der Waals surface area (Å²) in [6, 6.07) is 4.32. The molecule has 8 heteroatoms. The summed E-state index contributed by atoms with van der Waals surface area (Å²) in [4.78, 5) is 15.6. The third kappa shape index (κ3) is 3.77. The van der Waals surface area contributed by atoms with Crippen LogP contribution in [0.3, 0.4) is 0 Å². The van der Waals surface area contributed by atoms with Crippen molar-refractivity contribution in [2.24, 2.45) is 0 Å². The van der Waals surface area contributed by atoms with Crippen LogP contribution in [0.25, 0.3) is 0 Å². The number of hydrogen-bond donors (Lipinski definition) is 3. The maximum atomic E-state index is 5.92. The van der Waals surface area contributed by atoms with Crippen molar-refractivity contribution in [3.05, 3.63) is 41.3 Å². The highest BCUT2D eigenvalue weighted by atomic mass is 16.5. The normalized spacial score (nSPS) is 18.9. The Kier molecular flexibility index (Phi) is 5.24. The van der Waals surface area contributed by atoms with Crippen LogP contribution in [0, 0.1) is 0 Å². The molecule has 4 N–H and O–H groups in total. The monoisotopic (exact) mass is 355 g/mol. The predicted molar refractivity (Wildman–Crippen MR) is 99.7 cm³/mol. The average Bonchev–Trinajstić information content (AvgIpc) is 2.69. The van der Waals surface area contributed by atoms with E-state index in [0.717, 1.165) is 63.9 Å². The molecule has 2 aliphatic rings. The van der Waals surface area contributed by atoms with Crippen molar-refractivity contribution in [2.45, 2.75) is 19.0 Å². The van der Waals surface area contributed by atoms with Crippen molar-refractivity contribution in [3.8, 4) is 0 Å². The van der Waals surface area contributed by atoms with E-state index in [9.17, 15) is 0 Å². The van der Waals surface area contributed by atoms with Crippen LogP contribution in [0.15, 0.2) is 24.5 Å². The van der Waals surface area contributed by atoms with E-state index < -0.39 is 0 Å². The summed E-state index contributed by atoms with van der Waals surface area (Å²) in [5.41, 5.74) is 9.28. The number of ether oxygens (including phenoxy) is 1. The highest BCUT2D eigenvalue weighted by Crippen LogP contribution is 2.25. The van der Waals surface area contributed by atoms with Crippen LogP contribution in [0.4, 0.5) is 11.8 Å². The second kappa shape index (κ2) is 7.94. The van der Waals surface area contributed by atoms with Crippen molar-refractivity contribution < 1.29 is 4.74 Å². The summed E-state index contributed by atoms with van der Waals surface area (Å²) in [7, 11) is 0. The number of nitrogens with zero attached hydrogens (tertiary/aromatic N) is 4. The molecule has 0 unspecified atom stereocenters. The topological polar surface area (TPSA) is 101 Å². The third-order valence-corrected chi connectivity index (χ3v) is 4.97. The fraction of sp³-hybridized carbons (Fsp3) is 0.500. The van der Waals surface area contributed by atoms with Gasteiger partial charge < -0.3 is 21.1 Å². The molecule has 0 aromatic carbocycles. The van der Waals surface area contributed by atoms with Crippen LogP contribution in [0.5, 0.6) is 0 Å². The smallest absolute Gasteiger partial charge is 0.222 e. The van der Waals surface area contributed by atoms with Gasteiger partial charge in [-0.2, -0.15) is 4.98 Å². The molecule has 2 aliphatic heterocycles. The Hall–Kier alpha value is -2.29. The van der Waals surface area contributed by atoms with Crippen molar-refractivity contribution >= 4 is 11.8 Å². The van der Waals surface area contributed by atoms with Gasteiger partial charge in [-0.3, -0.25) is 9.88 Å². The summed E-state index contributed by atoms with van der Waals surface area (Å²) in [5, 5.41) is 6.87.